The number of halogens is 2. The van der Waals surface area contributed by atoms with Gasteiger partial charge in [0.15, 0.2) is 0 Å². The highest BCUT2D eigenvalue weighted by Crippen LogP contribution is 2.36. The maximum absolute atomic E-state index is 13.8. The monoisotopic (exact) mass is 321 g/mol. The summed E-state index contributed by atoms with van der Waals surface area (Å²) in [7, 11) is -3.22. The van der Waals surface area contributed by atoms with E-state index in [0.717, 1.165) is 12.1 Å². The molecule has 1 aromatic rings. The zero-order valence-corrected chi connectivity index (χ0v) is 12.8. The van der Waals surface area contributed by atoms with Gasteiger partial charge in [-0.15, -0.1) is 0 Å². The number of nitrogens with zero attached hydrogens (tertiary/aromatic N) is 1. The molecule has 1 saturated heterocycles. The molecule has 7 heteroatoms. The van der Waals surface area contributed by atoms with Gasteiger partial charge in [0.25, 0.3) is 0 Å². The molecule has 1 unspecified atom stereocenters. The highest BCUT2D eigenvalue weighted by molar-refractivity contribution is 7.99. The fraction of sp³-hybridized carbons (Fsp3) is 0.538. The lowest BCUT2D eigenvalue weighted by atomic mass is 10.1. The van der Waals surface area contributed by atoms with E-state index in [-0.39, 0.29) is 11.0 Å². The molecule has 1 aliphatic rings. The molecule has 0 amide bonds. The Morgan fingerprint density at radius 1 is 1.35 bits per heavy atom. The van der Waals surface area contributed by atoms with Crippen molar-refractivity contribution in [3.63, 3.8) is 0 Å². The standard InChI is InChI=1S/C13H17F2NO2S2/c1-2-20(17,18)16-6-5-13(19-8-7-16)11-9-10(14)3-4-12(11)15/h3-4,9,13H,2,5-8H2,1H3. The Labute approximate surface area is 122 Å². The molecule has 1 heterocycles. The minimum absolute atomic E-state index is 0.0661. The third kappa shape index (κ3) is 3.51. The van der Waals surface area contributed by atoms with Crippen LogP contribution in [0.2, 0.25) is 0 Å². The molecule has 1 fully saturated rings. The summed E-state index contributed by atoms with van der Waals surface area (Å²) in [5.41, 5.74) is 0.325. The second-order valence-corrected chi connectivity index (χ2v) is 8.18. The van der Waals surface area contributed by atoms with Crippen LogP contribution < -0.4 is 0 Å². The van der Waals surface area contributed by atoms with Gasteiger partial charge < -0.3 is 0 Å². The molecule has 0 aromatic heterocycles. The van der Waals surface area contributed by atoms with Crippen LogP contribution in [-0.4, -0.2) is 37.3 Å². The molecule has 1 atom stereocenters. The van der Waals surface area contributed by atoms with Crippen molar-refractivity contribution in [3.8, 4) is 0 Å². The van der Waals surface area contributed by atoms with Gasteiger partial charge >= 0.3 is 0 Å². The fourth-order valence-corrected chi connectivity index (χ4v) is 4.70. The molecule has 0 radical (unpaired) electrons. The molecule has 0 bridgehead atoms. The summed E-state index contributed by atoms with van der Waals surface area (Å²) < 4.78 is 52.2. The summed E-state index contributed by atoms with van der Waals surface area (Å²) in [5, 5.41) is -0.206. The zero-order chi connectivity index (χ0) is 14.8. The topological polar surface area (TPSA) is 37.4 Å². The van der Waals surface area contributed by atoms with Crippen molar-refractivity contribution in [2.24, 2.45) is 0 Å². The Morgan fingerprint density at radius 2 is 2.10 bits per heavy atom. The van der Waals surface area contributed by atoms with Gasteiger partial charge in [0.1, 0.15) is 11.6 Å². The summed E-state index contributed by atoms with van der Waals surface area (Å²) in [6.07, 6.45) is 0.490. The maximum atomic E-state index is 13.8. The number of rotatable bonds is 3. The Kier molecular flexibility index (Phi) is 5.04. The van der Waals surface area contributed by atoms with Crippen molar-refractivity contribution < 1.29 is 17.2 Å². The Hall–Kier alpha value is -0.660. The minimum Gasteiger partial charge on any atom is -0.212 e. The van der Waals surface area contributed by atoms with Gasteiger partial charge in [-0.1, -0.05) is 0 Å². The van der Waals surface area contributed by atoms with Crippen LogP contribution in [0, 0.1) is 11.6 Å². The van der Waals surface area contributed by atoms with Gasteiger partial charge in [-0.05, 0) is 31.5 Å². The van der Waals surface area contributed by atoms with E-state index in [9.17, 15) is 17.2 Å². The first-order valence-corrected chi connectivity index (χ1v) is 9.14. The third-order valence-corrected chi connectivity index (χ3v) is 6.56. The van der Waals surface area contributed by atoms with E-state index in [1.54, 1.807) is 6.92 Å². The molecule has 2 rings (SSSR count). The van der Waals surface area contributed by atoms with Crippen LogP contribution in [0.5, 0.6) is 0 Å². The van der Waals surface area contributed by atoms with E-state index < -0.39 is 21.7 Å². The van der Waals surface area contributed by atoms with Crippen LogP contribution in [-0.2, 0) is 10.0 Å². The van der Waals surface area contributed by atoms with E-state index in [2.05, 4.69) is 0 Å². The van der Waals surface area contributed by atoms with Crippen LogP contribution >= 0.6 is 11.8 Å². The summed E-state index contributed by atoms with van der Waals surface area (Å²) in [5.74, 6) is -0.253. The maximum Gasteiger partial charge on any atom is 0.213 e. The van der Waals surface area contributed by atoms with E-state index in [1.807, 2.05) is 0 Å². The zero-order valence-electron chi connectivity index (χ0n) is 11.2. The van der Waals surface area contributed by atoms with Crippen LogP contribution in [0.4, 0.5) is 8.78 Å². The average molecular weight is 321 g/mol. The second-order valence-electron chi connectivity index (χ2n) is 4.61. The Balaban J connectivity index is 2.16. The normalized spacial score (nSPS) is 21.6. The SMILES string of the molecule is CCS(=O)(=O)N1CCSC(c2cc(F)ccc2F)CC1. The lowest BCUT2D eigenvalue weighted by Crippen LogP contribution is -2.34. The lowest BCUT2D eigenvalue weighted by Gasteiger charge is -2.19. The molecule has 0 saturated carbocycles. The Bertz CT molecular complexity index is 578. The highest BCUT2D eigenvalue weighted by Gasteiger charge is 2.27. The summed E-state index contributed by atoms with van der Waals surface area (Å²) >= 11 is 1.48. The van der Waals surface area contributed by atoms with E-state index in [1.165, 1.54) is 22.1 Å². The van der Waals surface area contributed by atoms with Crippen molar-refractivity contribution >= 4 is 21.8 Å². The van der Waals surface area contributed by atoms with Crippen LogP contribution in [0.15, 0.2) is 18.2 Å². The number of thioether (sulfide) groups is 1. The summed E-state index contributed by atoms with van der Waals surface area (Å²) in [6.45, 7) is 2.38. The Morgan fingerprint density at radius 3 is 2.80 bits per heavy atom. The van der Waals surface area contributed by atoms with Crippen molar-refractivity contribution in [1.82, 2.24) is 4.31 Å². The second kappa shape index (κ2) is 6.41. The quantitative estimate of drug-likeness (QED) is 0.859. The fourth-order valence-electron chi connectivity index (χ4n) is 2.22. The molecule has 112 valence electrons. The molecular formula is C13H17F2NO2S2. The first-order chi connectivity index (χ1) is 9.44. The molecule has 1 aromatic carbocycles. The number of sulfonamides is 1. The molecule has 3 nitrogen and oxygen atoms in total. The molecular weight excluding hydrogens is 304 g/mol. The molecule has 0 aliphatic carbocycles. The van der Waals surface area contributed by atoms with Gasteiger partial charge in [-0.25, -0.2) is 21.5 Å². The predicted molar refractivity (Wildman–Crippen MR) is 77.2 cm³/mol. The smallest absolute Gasteiger partial charge is 0.212 e. The van der Waals surface area contributed by atoms with Gasteiger partial charge in [0.2, 0.25) is 10.0 Å². The van der Waals surface area contributed by atoms with Crippen molar-refractivity contribution in [1.29, 1.82) is 0 Å². The average Bonchev–Trinajstić information content (AvgIpc) is 2.68. The van der Waals surface area contributed by atoms with Crippen molar-refractivity contribution in [2.45, 2.75) is 18.6 Å². The summed E-state index contributed by atoms with van der Waals surface area (Å²) in [4.78, 5) is 0. The van der Waals surface area contributed by atoms with Crippen LogP contribution in [0.3, 0.4) is 0 Å². The minimum atomic E-state index is -3.22. The molecule has 0 N–H and O–H groups in total. The number of benzene rings is 1. The van der Waals surface area contributed by atoms with Crippen LogP contribution in [0.25, 0.3) is 0 Å². The van der Waals surface area contributed by atoms with Crippen molar-refractivity contribution in [3.05, 3.63) is 35.4 Å². The first-order valence-electron chi connectivity index (χ1n) is 6.48. The number of hydrogen-bond donors (Lipinski definition) is 0. The predicted octanol–water partition coefficient (Wildman–Crippen LogP) is 2.79. The number of hydrogen-bond acceptors (Lipinski definition) is 3. The largest absolute Gasteiger partial charge is 0.213 e. The van der Waals surface area contributed by atoms with Crippen LogP contribution in [0.1, 0.15) is 24.2 Å². The molecule has 20 heavy (non-hydrogen) atoms. The van der Waals surface area contributed by atoms with Crippen molar-refractivity contribution in [2.75, 3.05) is 24.6 Å². The first kappa shape index (κ1) is 15.7. The van der Waals surface area contributed by atoms with Gasteiger partial charge in [-0.2, -0.15) is 11.8 Å². The highest BCUT2D eigenvalue weighted by atomic mass is 32.2. The molecule has 0 spiro atoms. The van der Waals surface area contributed by atoms with E-state index >= 15 is 0 Å². The molecule has 1 aliphatic heterocycles. The third-order valence-electron chi connectivity index (χ3n) is 3.36. The van der Waals surface area contributed by atoms with E-state index in [4.69, 9.17) is 0 Å². The van der Waals surface area contributed by atoms with Gasteiger partial charge in [0, 0.05) is 29.7 Å². The lowest BCUT2D eigenvalue weighted by molar-refractivity contribution is 0.427. The summed E-state index contributed by atoms with van der Waals surface area (Å²) in [6, 6.07) is 3.42. The van der Waals surface area contributed by atoms with Gasteiger partial charge in [0.05, 0.1) is 5.75 Å². The van der Waals surface area contributed by atoms with E-state index in [0.29, 0.717) is 30.8 Å². The van der Waals surface area contributed by atoms with Gasteiger partial charge in [-0.3, -0.25) is 0 Å².